The second-order valence-corrected chi connectivity index (χ2v) is 21.1. The van der Waals surface area contributed by atoms with Gasteiger partial charge in [0.1, 0.15) is 5.58 Å². The van der Waals surface area contributed by atoms with Gasteiger partial charge >= 0.3 is 20.1 Å². The van der Waals surface area contributed by atoms with Crippen molar-refractivity contribution in [2.24, 2.45) is 0 Å². The largest absolute Gasteiger partial charge is 3.00 e. The van der Waals surface area contributed by atoms with Crippen LogP contribution in [0.15, 0.2) is 241 Å². The van der Waals surface area contributed by atoms with Crippen molar-refractivity contribution in [3.8, 4) is 61.8 Å². The summed E-state index contributed by atoms with van der Waals surface area (Å²) in [5.41, 5.74) is 22.7. The van der Waals surface area contributed by atoms with Crippen LogP contribution in [0.25, 0.3) is 94.8 Å². The Kier molecular flexibility index (Phi) is 16.5. The first kappa shape index (κ1) is 54.2. The quantitative estimate of drug-likeness (QED) is 0.102. The Hall–Kier alpha value is -8.80. The van der Waals surface area contributed by atoms with E-state index in [0.29, 0.717) is 11.8 Å². The minimum absolute atomic E-state index is 0. The van der Waals surface area contributed by atoms with Crippen molar-refractivity contribution in [1.29, 1.82) is 0 Å². The summed E-state index contributed by atoms with van der Waals surface area (Å²) < 4.78 is 8.83. The predicted octanol–water partition coefficient (Wildman–Crippen LogP) is 19.0. The van der Waals surface area contributed by atoms with E-state index in [1.807, 2.05) is 73.1 Å². The summed E-state index contributed by atoms with van der Waals surface area (Å²) in [5.74, 6) is 1.45. The number of para-hydroxylation sites is 3. The van der Waals surface area contributed by atoms with E-state index in [9.17, 15) is 0 Å². The molecular formula is C75H61IrN4O. The number of aromatic nitrogens is 4. The third kappa shape index (κ3) is 11.6. The Morgan fingerprint density at radius 1 is 0.494 bits per heavy atom. The molecule has 0 aliphatic carbocycles. The van der Waals surface area contributed by atoms with Crippen molar-refractivity contribution in [2.45, 2.75) is 65.2 Å². The number of rotatable bonds is 14. The van der Waals surface area contributed by atoms with Crippen molar-refractivity contribution in [3.05, 3.63) is 288 Å². The Morgan fingerprint density at radius 3 is 1.81 bits per heavy atom. The summed E-state index contributed by atoms with van der Waals surface area (Å²) in [6.07, 6.45) is 7.68. The normalized spacial score (nSPS) is 11.3. The number of furan rings is 1. The number of nitrogens with zero attached hydrogens (tertiary/aromatic N) is 4. The maximum atomic E-state index is 6.47. The van der Waals surface area contributed by atoms with Crippen LogP contribution in [0.2, 0.25) is 0 Å². The first-order valence-corrected chi connectivity index (χ1v) is 27.9. The number of benzene rings is 9. The van der Waals surface area contributed by atoms with E-state index in [1.165, 1.54) is 61.3 Å². The summed E-state index contributed by atoms with van der Waals surface area (Å²) >= 11 is 0. The summed E-state index contributed by atoms with van der Waals surface area (Å²) in [6.45, 7) is 9.12. The van der Waals surface area contributed by atoms with Crippen LogP contribution in [0.5, 0.6) is 0 Å². The van der Waals surface area contributed by atoms with Crippen molar-refractivity contribution in [1.82, 2.24) is 19.5 Å². The van der Waals surface area contributed by atoms with Gasteiger partial charge < -0.3 is 19.0 Å². The zero-order valence-electron chi connectivity index (χ0n) is 46.0. The minimum Gasteiger partial charge on any atom is -0.501 e. The molecular weight excluding hydrogens is 1170 g/mol. The zero-order chi connectivity index (χ0) is 54.4. The van der Waals surface area contributed by atoms with Crippen LogP contribution in [-0.4, -0.2) is 19.5 Å². The second-order valence-electron chi connectivity index (χ2n) is 21.1. The van der Waals surface area contributed by atoms with Crippen LogP contribution < -0.4 is 0 Å². The van der Waals surface area contributed by atoms with E-state index in [0.717, 1.165) is 92.6 Å². The Bertz CT molecular complexity index is 4060. The molecule has 0 atom stereocenters. The van der Waals surface area contributed by atoms with Gasteiger partial charge in [-0.25, -0.2) is 0 Å². The fraction of sp³-hybridized carbons (Fsp3) is 0.133. The van der Waals surface area contributed by atoms with Gasteiger partial charge in [0.05, 0.1) is 22.4 Å². The number of hydrogen-bond acceptors (Lipinski definition) is 4. The van der Waals surface area contributed by atoms with E-state index in [-0.39, 0.29) is 20.1 Å². The smallest absolute Gasteiger partial charge is 0.501 e. The van der Waals surface area contributed by atoms with Crippen LogP contribution in [0.3, 0.4) is 0 Å². The molecule has 0 aliphatic heterocycles. The van der Waals surface area contributed by atoms with Gasteiger partial charge in [-0.15, -0.1) is 89.5 Å². The molecule has 0 aliphatic rings. The molecule has 5 nitrogen and oxygen atoms in total. The molecule has 9 aromatic carbocycles. The SMILES string of the molecule is CC(C)c1cc(-c2ccccc2)cc(C(C)C)c1-n1c(-c2[c-]ccc3c2oc2ccccc23)nc2ccccc21.[Ir+3].[c-]1cc(CCc2ccccc2-c2ccccc2CCc2ccc(-c3[c-]cccc3)nc2)ccc1-c1ccccn1. The summed E-state index contributed by atoms with van der Waals surface area (Å²) in [7, 11) is 0. The van der Waals surface area contributed by atoms with Gasteiger partial charge in [-0.2, -0.15) is 0 Å². The first-order chi connectivity index (χ1) is 39.3. The third-order valence-corrected chi connectivity index (χ3v) is 15.2. The van der Waals surface area contributed by atoms with Gasteiger partial charge in [0.15, 0.2) is 0 Å². The molecule has 0 spiro atoms. The molecule has 0 fully saturated rings. The number of hydrogen-bond donors (Lipinski definition) is 0. The summed E-state index contributed by atoms with van der Waals surface area (Å²) in [6, 6.07) is 88.6. The number of fused-ring (bicyclic) bond motifs is 4. The molecule has 81 heavy (non-hydrogen) atoms. The van der Waals surface area contributed by atoms with Crippen LogP contribution in [0, 0.1) is 18.2 Å². The number of pyridine rings is 2. The van der Waals surface area contributed by atoms with Crippen molar-refractivity contribution in [3.63, 3.8) is 0 Å². The van der Waals surface area contributed by atoms with Crippen molar-refractivity contribution in [2.75, 3.05) is 0 Å². The second kappa shape index (κ2) is 24.7. The Balaban J connectivity index is 0.000000168. The van der Waals surface area contributed by atoms with Gasteiger partial charge in [0, 0.05) is 23.5 Å². The monoisotopic (exact) mass is 1230 g/mol. The maximum Gasteiger partial charge on any atom is 3.00 e. The van der Waals surface area contributed by atoms with E-state index in [2.05, 4.69) is 219 Å². The Morgan fingerprint density at radius 2 is 1.14 bits per heavy atom. The molecule has 0 saturated heterocycles. The van der Waals surface area contributed by atoms with Gasteiger partial charge in [-0.3, -0.25) is 4.98 Å². The van der Waals surface area contributed by atoms with Crippen LogP contribution >= 0.6 is 0 Å². The van der Waals surface area contributed by atoms with Gasteiger partial charge in [-0.1, -0.05) is 179 Å². The standard InChI is InChI=1S/C38H30N2.C37H31N2O.Ir/c1-2-12-33(13-3-1)38-26-21-30(28-40-38)20-23-32-11-5-7-15-36(32)35-14-6-4-10-31(35)22-17-29-18-24-34(25-19-29)37-16-8-9-27-39-37;1-23(2)30-21-26(25-13-6-5-7-14-25)22-31(24(3)4)35(30)39-33-19-10-9-18-32(33)38-37(39)29-17-12-16-28-27-15-8-11-20-34(27)40-36(28)29;/h1-12,14-16,18-19,21,24,26-28H,17,20,22-23H2;5-16,18-24H,1-4H3;/q-2;-1;+3. The predicted molar refractivity (Wildman–Crippen MR) is 330 cm³/mol. The minimum atomic E-state index is 0. The first-order valence-electron chi connectivity index (χ1n) is 27.9. The molecule has 0 radical (unpaired) electrons. The molecule has 0 saturated carbocycles. The van der Waals surface area contributed by atoms with Gasteiger partial charge in [0.25, 0.3) is 0 Å². The van der Waals surface area contributed by atoms with Crippen LogP contribution in [0.1, 0.15) is 72.9 Å². The molecule has 0 unspecified atom stereocenters. The molecule has 4 aromatic heterocycles. The summed E-state index contributed by atoms with van der Waals surface area (Å²) in [5, 5.41) is 2.18. The Labute approximate surface area is 489 Å². The van der Waals surface area contributed by atoms with E-state index in [1.54, 1.807) is 0 Å². The van der Waals surface area contributed by atoms with Crippen LogP contribution in [0.4, 0.5) is 0 Å². The van der Waals surface area contributed by atoms with Crippen LogP contribution in [-0.2, 0) is 45.8 Å². The fourth-order valence-corrected chi connectivity index (χ4v) is 11.0. The topological polar surface area (TPSA) is 56.7 Å². The molecule has 0 bridgehead atoms. The van der Waals surface area contributed by atoms with E-state index < -0.39 is 0 Å². The molecule has 0 N–H and O–H groups in total. The zero-order valence-corrected chi connectivity index (χ0v) is 48.4. The molecule has 0 amide bonds. The molecule has 396 valence electrons. The molecule has 6 heteroatoms. The van der Waals surface area contributed by atoms with Gasteiger partial charge in [-0.05, 0) is 129 Å². The fourth-order valence-electron chi connectivity index (χ4n) is 11.0. The van der Waals surface area contributed by atoms with Gasteiger partial charge in [0.2, 0.25) is 0 Å². The van der Waals surface area contributed by atoms with E-state index in [4.69, 9.17) is 14.4 Å². The number of imidazole rings is 1. The third-order valence-electron chi connectivity index (χ3n) is 15.2. The molecule has 13 aromatic rings. The van der Waals surface area contributed by atoms with Crippen molar-refractivity contribution >= 4 is 33.0 Å². The average molecular weight is 1230 g/mol. The molecule has 4 heterocycles. The molecule has 13 rings (SSSR count). The van der Waals surface area contributed by atoms with Crippen molar-refractivity contribution < 1.29 is 24.5 Å². The maximum absolute atomic E-state index is 6.47. The summed E-state index contributed by atoms with van der Waals surface area (Å²) in [4.78, 5) is 14.4. The number of aryl methyl sites for hydroxylation is 4. The van der Waals surface area contributed by atoms with E-state index >= 15 is 0 Å². The average Bonchev–Trinajstić information content (AvgIpc) is 4.11.